The highest BCUT2D eigenvalue weighted by molar-refractivity contribution is 7.98. The molecule has 0 aliphatic carbocycles. The van der Waals surface area contributed by atoms with Gasteiger partial charge in [0.2, 0.25) is 0 Å². The van der Waals surface area contributed by atoms with E-state index in [1.54, 1.807) is 23.6 Å². The number of piperidine rings is 1. The average Bonchev–Trinajstić information content (AvgIpc) is 2.55. The SMILES string of the molecule is CCOC(=O)N1CCC(NC(=O)c2ccccc2SC)CC1. The van der Waals surface area contributed by atoms with E-state index in [9.17, 15) is 9.59 Å². The molecule has 1 saturated heterocycles. The average molecular weight is 322 g/mol. The van der Waals surface area contributed by atoms with E-state index in [2.05, 4.69) is 5.32 Å². The summed E-state index contributed by atoms with van der Waals surface area (Å²) in [4.78, 5) is 26.7. The molecule has 5 nitrogen and oxygen atoms in total. The van der Waals surface area contributed by atoms with Crippen molar-refractivity contribution >= 4 is 23.8 Å². The number of benzene rings is 1. The van der Waals surface area contributed by atoms with Gasteiger partial charge in [0.1, 0.15) is 0 Å². The van der Waals surface area contributed by atoms with Crippen LogP contribution in [0.1, 0.15) is 30.1 Å². The number of nitrogens with one attached hydrogen (secondary N) is 1. The summed E-state index contributed by atoms with van der Waals surface area (Å²) >= 11 is 1.57. The molecule has 0 unspecified atom stereocenters. The molecule has 1 aliphatic heterocycles. The highest BCUT2D eigenvalue weighted by Gasteiger charge is 2.25. The number of carbonyl (C=O) groups excluding carboxylic acids is 2. The Hall–Kier alpha value is -1.69. The van der Waals surface area contributed by atoms with E-state index in [4.69, 9.17) is 4.74 Å². The third-order valence-corrected chi connectivity index (χ3v) is 4.50. The number of likely N-dealkylation sites (tertiary alicyclic amines) is 1. The number of hydrogen-bond donors (Lipinski definition) is 1. The third-order valence-electron chi connectivity index (χ3n) is 3.71. The maximum absolute atomic E-state index is 12.4. The van der Waals surface area contributed by atoms with Gasteiger partial charge < -0.3 is 15.0 Å². The first-order valence-corrected chi connectivity index (χ1v) is 8.73. The van der Waals surface area contributed by atoms with E-state index in [0.717, 1.165) is 17.7 Å². The van der Waals surface area contributed by atoms with Gasteiger partial charge in [0.15, 0.2) is 0 Å². The molecule has 0 radical (unpaired) electrons. The lowest BCUT2D eigenvalue weighted by Crippen LogP contribution is -2.46. The molecule has 0 atom stereocenters. The number of carbonyl (C=O) groups is 2. The Morgan fingerprint density at radius 3 is 2.64 bits per heavy atom. The van der Waals surface area contributed by atoms with Gasteiger partial charge in [-0.2, -0.15) is 0 Å². The fourth-order valence-corrected chi connectivity index (χ4v) is 3.11. The van der Waals surface area contributed by atoms with Crippen LogP contribution in [0.15, 0.2) is 29.2 Å². The Kier molecular flexibility index (Phi) is 6.12. The number of ether oxygens (including phenoxy) is 1. The summed E-state index contributed by atoms with van der Waals surface area (Å²) in [7, 11) is 0. The minimum atomic E-state index is -0.264. The molecule has 1 aromatic carbocycles. The second-order valence-electron chi connectivity index (χ2n) is 5.13. The van der Waals surface area contributed by atoms with Gasteiger partial charge in [0.25, 0.3) is 5.91 Å². The smallest absolute Gasteiger partial charge is 0.409 e. The summed E-state index contributed by atoms with van der Waals surface area (Å²) in [5, 5.41) is 3.07. The molecule has 1 N–H and O–H groups in total. The highest BCUT2D eigenvalue weighted by atomic mass is 32.2. The zero-order valence-electron chi connectivity index (χ0n) is 13.0. The lowest BCUT2D eigenvalue weighted by Gasteiger charge is -2.31. The minimum Gasteiger partial charge on any atom is -0.450 e. The second-order valence-corrected chi connectivity index (χ2v) is 5.98. The molecule has 0 bridgehead atoms. The molecule has 0 aromatic heterocycles. The van der Waals surface area contributed by atoms with Gasteiger partial charge in [0.05, 0.1) is 12.2 Å². The fraction of sp³-hybridized carbons (Fsp3) is 0.500. The molecule has 0 spiro atoms. The van der Waals surface area contributed by atoms with Gasteiger partial charge in [-0.3, -0.25) is 4.79 Å². The van der Waals surface area contributed by atoms with Crippen LogP contribution in [-0.2, 0) is 4.74 Å². The molecule has 1 heterocycles. The van der Waals surface area contributed by atoms with Crippen molar-refractivity contribution in [2.45, 2.75) is 30.7 Å². The van der Waals surface area contributed by atoms with Crippen LogP contribution in [0.3, 0.4) is 0 Å². The fourth-order valence-electron chi connectivity index (χ4n) is 2.52. The summed E-state index contributed by atoms with van der Waals surface area (Å²) in [5.74, 6) is -0.0421. The van der Waals surface area contributed by atoms with Crippen molar-refractivity contribution in [3.05, 3.63) is 29.8 Å². The lowest BCUT2D eigenvalue weighted by atomic mass is 10.0. The largest absolute Gasteiger partial charge is 0.450 e. The van der Waals surface area contributed by atoms with Gasteiger partial charge in [-0.25, -0.2) is 4.79 Å². The highest BCUT2D eigenvalue weighted by Crippen LogP contribution is 2.20. The van der Waals surface area contributed by atoms with Gasteiger partial charge in [0, 0.05) is 24.0 Å². The quantitative estimate of drug-likeness (QED) is 0.866. The van der Waals surface area contributed by atoms with E-state index in [0.29, 0.717) is 25.3 Å². The molecule has 120 valence electrons. The van der Waals surface area contributed by atoms with E-state index >= 15 is 0 Å². The van der Waals surface area contributed by atoms with Crippen molar-refractivity contribution in [2.24, 2.45) is 0 Å². The summed E-state index contributed by atoms with van der Waals surface area (Å²) in [6, 6.07) is 7.70. The Bertz CT molecular complexity index is 528. The lowest BCUT2D eigenvalue weighted by molar-refractivity contribution is 0.0858. The van der Waals surface area contributed by atoms with E-state index < -0.39 is 0 Å². The molecule has 6 heteroatoms. The molecule has 1 aromatic rings. The molecule has 0 saturated carbocycles. The van der Waals surface area contributed by atoms with Crippen LogP contribution in [0.5, 0.6) is 0 Å². The Morgan fingerprint density at radius 1 is 1.32 bits per heavy atom. The molecule has 1 aliphatic rings. The van der Waals surface area contributed by atoms with Crippen LogP contribution in [0, 0.1) is 0 Å². The third kappa shape index (κ3) is 4.16. The van der Waals surface area contributed by atoms with Crippen LogP contribution in [0.4, 0.5) is 4.79 Å². The number of thioether (sulfide) groups is 1. The van der Waals surface area contributed by atoms with Gasteiger partial charge in [-0.15, -0.1) is 11.8 Å². The molecule has 22 heavy (non-hydrogen) atoms. The van der Waals surface area contributed by atoms with Crippen molar-refractivity contribution in [1.82, 2.24) is 10.2 Å². The zero-order chi connectivity index (χ0) is 15.9. The van der Waals surface area contributed by atoms with Crippen LogP contribution in [-0.4, -0.2) is 48.9 Å². The van der Waals surface area contributed by atoms with Crippen molar-refractivity contribution in [2.75, 3.05) is 26.0 Å². The van der Waals surface area contributed by atoms with E-state index in [1.807, 2.05) is 30.5 Å². The maximum Gasteiger partial charge on any atom is 0.409 e. The van der Waals surface area contributed by atoms with Crippen LogP contribution in [0.25, 0.3) is 0 Å². The molecular weight excluding hydrogens is 300 g/mol. The predicted molar refractivity (Wildman–Crippen MR) is 87.3 cm³/mol. The normalized spacial score (nSPS) is 15.5. The summed E-state index contributed by atoms with van der Waals surface area (Å²) in [5.41, 5.74) is 0.711. The number of amides is 2. The first-order valence-electron chi connectivity index (χ1n) is 7.51. The summed E-state index contributed by atoms with van der Waals surface area (Å²) in [6.07, 6.45) is 3.21. The monoisotopic (exact) mass is 322 g/mol. The van der Waals surface area contributed by atoms with Gasteiger partial charge in [-0.1, -0.05) is 12.1 Å². The standard InChI is InChI=1S/C16H22N2O3S/c1-3-21-16(20)18-10-8-12(9-11-18)17-15(19)13-6-4-5-7-14(13)22-2/h4-7,12H,3,8-11H2,1-2H3,(H,17,19). The summed E-state index contributed by atoms with van der Waals surface area (Å²) < 4.78 is 4.99. The first kappa shape index (κ1) is 16.7. The van der Waals surface area contributed by atoms with E-state index in [1.165, 1.54) is 0 Å². The Labute approximate surface area is 135 Å². The molecular formula is C16H22N2O3S. The first-order chi connectivity index (χ1) is 10.7. The van der Waals surface area contributed by atoms with Crippen molar-refractivity contribution in [3.8, 4) is 0 Å². The molecule has 2 amide bonds. The van der Waals surface area contributed by atoms with Crippen molar-refractivity contribution in [1.29, 1.82) is 0 Å². The Morgan fingerprint density at radius 2 is 2.00 bits per heavy atom. The number of hydrogen-bond acceptors (Lipinski definition) is 4. The van der Waals surface area contributed by atoms with Gasteiger partial charge in [-0.05, 0) is 38.2 Å². The number of nitrogens with zero attached hydrogens (tertiary/aromatic N) is 1. The van der Waals surface area contributed by atoms with Gasteiger partial charge >= 0.3 is 6.09 Å². The maximum atomic E-state index is 12.4. The Balaban J connectivity index is 1.88. The van der Waals surface area contributed by atoms with Crippen LogP contribution >= 0.6 is 11.8 Å². The van der Waals surface area contributed by atoms with Crippen molar-refractivity contribution in [3.63, 3.8) is 0 Å². The second kappa shape index (κ2) is 8.08. The van der Waals surface area contributed by atoms with Crippen molar-refractivity contribution < 1.29 is 14.3 Å². The number of rotatable bonds is 4. The topological polar surface area (TPSA) is 58.6 Å². The molecule has 2 rings (SSSR count). The summed E-state index contributed by atoms with van der Waals surface area (Å²) in [6.45, 7) is 3.43. The van der Waals surface area contributed by atoms with E-state index in [-0.39, 0.29) is 18.0 Å². The van der Waals surface area contributed by atoms with Crippen LogP contribution < -0.4 is 5.32 Å². The zero-order valence-corrected chi connectivity index (χ0v) is 13.8. The molecule has 1 fully saturated rings. The minimum absolute atomic E-state index is 0.0421. The predicted octanol–water partition coefficient (Wildman–Crippen LogP) is 2.76. The van der Waals surface area contributed by atoms with Crippen LogP contribution in [0.2, 0.25) is 0 Å².